The lowest BCUT2D eigenvalue weighted by Gasteiger charge is -2.47. The summed E-state index contributed by atoms with van der Waals surface area (Å²) in [7, 11) is 0. The average molecular weight is 1210 g/mol. The molecular weight excluding hydrogens is 1150 g/mol. The maximum Gasteiger partial charge on any atom is 0.228 e. The van der Waals surface area contributed by atoms with E-state index in [-0.39, 0.29) is 23.7 Å². The summed E-state index contributed by atoms with van der Waals surface area (Å²) in [5.41, 5.74) is 23.6. The van der Waals surface area contributed by atoms with Crippen LogP contribution in [0.15, 0.2) is 356 Å². The van der Waals surface area contributed by atoms with Gasteiger partial charge in [-0.1, -0.05) is 206 Å². The minimum absolute atomic E-state index is 0.0206. The third kappa shape index (κ3) is 9.35. The molecule has 440 valence electrons. The Bertz CT molecular complexity index is 5140. The van der Waals surface area contributed by atoms with Gasteiger partial charge in [0.25, 0.3) is 0 Å². The number of anilines is 10. The fraction of sp³-hybridized carbons (Fsp3) is 0.0353. The summed E-state index contributed by atoms with van der Waals surface area (Å²) in [5.74, 6) is 1.60. The lowest BCUT2D eigenvalue weighted by Crippen LogP contribution is -2.55. The van der Waals surface area contributed by atoms with Crippen LogP contribution in [0.5, 0.6) is 11.5 Å². The van der Waals surface area contributed by atoms with E-state index in [0.29, 0.717) is 0 Å². The van der Waals surface area contributed by atoms with Crippen molar-refractivity contribution < 1.29 is 4.74 Å². The van der Waals surface area contributed by atoms with Crippen molar-refractivity contribution in [1.82, 2.24) is 4.57 Å². The van der Waals surface area contributed by atoms with E-state index in [4.69, 9.17) is 4.74 Å². The molecule has 0 saturated carbocycles. The zero-order chi connectivity index (χ0) is 61.3. The van der Waals surface area contributed by atoms with Crippen molar-refractivity contribution >= 4 is 108 Å². The Hall–Kier alpha value is -11.4. The number of hydrogen-bond donors (Lipinski definition) is 1. The molecule has 3 unspecified atom stereocenters. The molecule has 0 bridgehead atoms. The summed E-state index contributed by atoms with van der Waals surface area (Å²) in [6, 6.07) is 119. The first kappa shape index (κ1) is 54.5. The predicted octanol–water partition coefficient (Wildman–Crippen LogP) is 21.5. The second kappa shape index (κ2) is 22.8. The van der Waals surface area contributed by atoms with Gasteiger partial charge < -0.3 is 29.3 Å². The highest BCUT2D eigenvalue weighted by Gasteiger charge is 2.50. The fourth-order valence-corrected chi connectivity index (χ4v) is 16.5. The van der Waals surface area contributed by atoms with Crippen LogP contribution in [0.2, 0.25) is 5.82 Å². The van der Waals surface area contributed by atoms with Crippen molar-refractivity contribution in [3.63, 3.8) is 0 Å². The summed E-state index contributed by atoms with van der Waals surface area (Å²) >= 11 is 1.97. The Morgan fingerprint density at radius 3 is 1.69 bits per heavy atom. The number of thioether (sulfide) groups is 1. The van der Waals surface area contributed by atoms with Crippen molar-refractivity contribution in [3.05, 3.63) is 362 Å². The molecular formula is C85H60BN5OS. The molecule has 1 N–H and O–H groups in total. The van der Waals surface area contributed by atoms with Crippen LogP contribution >= 0.6 is 11.8 Å². The van der Waals surface area contributed by atoms with Crippen LogP contribution < -0.4 is 35.7 Å². The van der Waals surface area contributed by atoms with Crippen LogP contribution in [-0.2, 0) is 0 Å². The fourth-order valence-electron chi connectivity index (χ4n) is 15.1. The van der Waals surface area contributed by atoms with Gasteiger partial charge in [-0.3, -0.25) is 0 Å². The number of hydrogen-bond acceptors (Lipinski definition) is 6. The Labute approximate surface area is 546 Å². The number of allylic oxidation sites excluding steroid dienone is 2. The quantitative estimate of drug-likeness (QED) is 0.123. The molecule has 14 aromatic rings. The second-order valence-electron chi connectivity index (χ2n) is 24.4. The van der Waals surface area contributed by atoms with Gasteiger partial charge in [0, 0.05) is 89.7 Å². The van der Waals surface area contributed by atoms with Gasteiger partial charge in [0.2, 0.25) is 6.71 Å². The molecule has 4 aliphatic rings. The van der Waals surface area contributed by atoms with Crippen LogP contribution in [0.25, 0.3) is 38.6 Å². The summed E-state index contributed by atoms with van der Waals surface area (Å²) < 4.78 is 9.67. The van der Waals surface area contributed by atoms with Gasteiger partial charge in [-0.05, 0) is 166 Å². The summed E-state index contributed by atoms with van der Waals surface area (Å²) in [4.78, 5) is 8.65. The number of fused-ring (bicyclic) bond motifs is 9. The molecule has 18 rings (SSSR count). The lowest BCUT2D eigenvalue weighted by atomic mass is 9.31. The van der Waals surface area contributed by atoms with Gasteiger partial charge in [-0.2, -0.15) is 0 Å². The van der Waals surface area contributed by atoms with E-state index in [0.717, 1.165) is 102 Å². The molecule has 0 spiro atoms. The van der Waals surface area contributed by atoms with E-state index >= 15 is 0 Å². The molecule has 3 atom stereocenters. The molecule has 0 amide bonds. The molecule has 1 aromatic heterocycles. The molecule has 6 nitrogen and oxygen atoms in total. The standard InChI is InChI=1S/C85H60BN5OS/c1-8-28-57(29-9-1)69-53-70-66-42-23-26-46-75(66)90(63-40-20-7-21-41-63)78(70)55-77(69)91-76-50-64(88(59-32-12-3-13-33-59)60-34-14-4-15-35-60)48-49-68(76)84(67-43-22-25-45-74(67)87-58-30-10-2-11-31-58)71-54-73-82(56-79(71)91)93-83-52-65(51-81-85(83)86(73)72-44-24-27-47-80(72)92-81)89(61-36-16-5-17-37-61)62-38-18-6-19-39-62/h1-56,73,82,84,87H. The highest BCUT2D eigenvalue weighted by Crippen LogP contribution is 2.60. The maximum atomic E-state index is 7.21. The average Bonchev–Trinajstić information content (AvgIpc) is 1.57. The van der Waals surface area contributed by atoms with Crippen molar-refractivity contribution in [2.45, 2.75) is 21.9 Å². The molecule has 93 heavy (non-hydrogen) atoms. The highest BCUT2D eigenvalue weighted by molar-refractivity contribution is 8.00. The molecule has 0 radical (unpaired) electrons. The number of benzene rings is 13. The van der Waals surface area contributed by atoms with Crippen LogP contribution in [-0.4, -0.2) is 16.5 Å². The number of rotatable bonds is 12. The largest absolute Gasteiger partial charge is 0.458 e. The van der Waals surface area contributed by atoms with Crippen LogP contribution in [0.3, 0.4) is 0 Å². The molecule has 0 fully saturated rings. The molecule has 1 aliphatic carbocycles. The van der Waals surface area contributed by atoms with Gasteiger partial charge in [-0.25, -0.2) is 0 Å². The van der Waals surface area contributed by atoms with Gasteiger partial charge in [-0.15, -0.1) is 11.8 Å². The van der Waals surface area contributed by atoms with Crippen LogP contribution in [0.4, 0.5) is 56.9 Å². The Balaban J connectivity index is 0.942. The SMILES string of the molecule is C1=C2C(=CC3Sc4cc(N(c5ccccc5)c5ccccc5)cc5c4B(c4ccccc4O5)C13)N(c1cc3c(cc1-c1ccccc1)c1ccccc1n3-c1ccccc1)c1cc(N(c3ccccc3)c3ccccc3)ccc1C2c1ccccc1Nc1ccccc1. The van der Waals surface area contributed by atoms with E-state index < -0.39 is 0 Å². The molecule has 0 saturated heterocycles. The first-order valence-electron chi connectivity index (χ1n) is 32.0. The van der Waals surface area contributed by atoms with Crippen molar-refractivity contribution in [3.8, 4) is 28.3 Å². The van der Waals surface area contributed by atoms with E-state index in [1.807, 2.05) is 11.8 Å². The van der Waals surface area contributed by atoms with Crippen LogP contribution in [0, 0.1) is 0 Å². The third-order valence-electron chi connectivity index (χ3n) is 19.0. The lowest BCUT2D eigenvalue weighted by molar-refractivity contribution is 0.485. The number of ether oxygens (including phenoxy) is 1. The molecule has 8 heteroatoms. The normalized spacial score (nSPS) is 15.8. The molecule has 4 heterocycles. The summed E-state index contributed by atoms with van der Waals surface area (Å²) in [6.07, 6.45) is 5.37. The second-order valence-corrected chi connectivity index (χ2v) is 25.6. The maximum absolute atomic E-state index is 7.21. The monoisotopic (exact) mass is 1210 g/mol. The molecule has 3 aliphatic heterocycles. The van der Waals surface area contributed by atoms with Crippen molar-refractivity contribution in [2.24, 2.45) is 0 Å². The number of nitrogens with zero attached hydrogens (tertiary/aromatic N) is 4. The topological polar surface area (TPSA) is 35.9 Å². The zero-order valence-electron chi connectivity index (χ0n) is 50.7. The van der Waals surface area contributed by atoms with E-state index in [1.54, 1.807) is 0 Å². The summed E-state index contributed by atoms with van der Waals surface area (Å²) in [6.45, 7) is -0.0221. The Morgan fingerprint density at radius 1 is 0.419 bits per heavy atom. The number of para-hydroxylation sites is 9. The first-order valence-corrected chi connectivity index (χ1v) is 32.9. The highest BCUT2D eigenvalue weighted by atomic mass is 32.2. The van der Waals surface area contributed by atoms with E-state index in [2.05, 4.69) is 364 Å². The Morgan fingerprint density at radius 2 is 1.00 bits per heavy atom. The predicted molar refractivity (Wildman–Crippen MR) is 390 cm³/mol. The first-order chi connectivity index (χ1) is 46.1. The van der Waals surface area contributed by atoms with Crippen molar-refractivity contribution in [2.75, 3.05) is 20.0 Å². The minimum atomic E-state index is -0.222. The minimum Gasteiger partial charge on any atom is -0.458 e. The van der Waals surface area contributed by atoms with E-state index in [9.17, 15) is 0 Å². The smallest absolute Gasteiger partial charge is 0.228 e. The van der Waals surface area contributed by atoms with Gasteiger partial charge in [0.1, 0.15) is 11.5 Å². The number of aromatic nitrogens is 1. The van der Waals surface area contributed by atoms with E-state index in [1.165, 1.54) is 43.3 Å². The molecule has 13 aromatic carbocycles. The van der Waals surface area contributed by atoms with Gasteiger partial charge in [0.05, 0.1) is 28.1 Å². The van der Waals surface area contributed by atoms with Crippen LogP contribution in [0.1, 0.15) is 17.0 Å². The van der Waals surface area contributed by atoms with Gasteiger partial charge >= 0.3 is 0 Å². The number of nitrogens with one attached hydrogen (secondary N) is 1. The zero-order valence-corrected chi connectivity index (χ0v) is 51.6. The summed E-state index contributed by atoms with van der Waals surface area (Å²) in [5, 5.41) is 6.34. The third-order valence-corrected chi connectivity index (χ3v) is 20.4. The Kier molecular flexibility index (Phi) is 13.4. The van der Waals surface area contributed by atoms with Crippen molar-refractivity contribution in [1.29, 1.82) is 0 Å². The van der Waals surface area contributed by atoms with Gasteiger partial charge in [0.15, 0.2) is 0 Å².